The van der Waals surface area contributed by atoms with E-state index in [2.05, 4.69) is 29.1 Å². The van der Waals surface area contributed by atoms with Gasteiger partial charge in [-0.05, 0) is 24.7 Å². The van der Waals surface area contributed by atoms with Crippen molar-refractivity contribution in [1.29, 1.82) is 0 Å². The van der Waals surface area contributed by atoms with Crippen LogP contribution in [0.2, 0.25) is 0 Å². The Morgan fingerprint density at radius 1 is 1.53 bits per heavy atom. The van der Waals surface area contributed by atoms with Crippen LogP contribution >= 0.6 is 0 Å². The van der Waals surface area contributed by atoms with Crippen molar-refractivity contribution in [3.63, 3.8) is 0 Å². The average molecular weight is 236 g/mol. The van der Waals surface area contributed by atoms with Gasteiger partial charge in [0.2, 0.25) is 5.88 Å². The first kappa shape index (κ1) is 12.0. The molecule has 0 amide bonds. The van der Waals surface area contributed by atoms with E-state index in [1.807, 2.05) is 6.92 Å². The largest absolute Gasteiger partial charge is 0.476 e. The molecule has 1 aromatic rings. The molecule has 1 aromatic heterocycles. The summed E-state index contributed by atoms with van der Waals surface area (Å²) in [5, 5.41) is 3.27. The zero-order valence-corrected chi connectivity index (χ0v) is 10.7. The van der Waals surface area contributed by atoms with Crippen molar-refractivity contribution >= 4 is 11.5 Å². The van der Waals surface area contributed by atoms with Crippen LogP contribution in [-0.2, 0) is 0 Å². The predicted molar refractivity (Wildman–Crippen MR) is 68.0 cm³/mol. The second-order valence-electron chi connectivity index (χ2n) is 5.14. The number of aromatic nitrogens is 2. The normalized spacial score (nSPS) is 21.0. The van der Waals surface area contributed by atoms with Gasteiger partial charge < -0.3 is 15.8 Å². The van der Waals surface area contributed by atoms with E-state index in [0.29, 0.717) is 35.3 Å². The van der Waals surface area contributed by atoms with Gasteiger partial charge >= 0.3 is 0 Å². The fourth-order valence-electron chi connectivity index (χ4n) is 1.92. The van der Waals surface area contributed by atoms with Crippen molar-refractivity contribution in [3.8, 4) is 5.88 Å². The third-order valence-corrected chi connectivity index (χ3v) is 3.36. The van der Waals surface area contributed by atoms with E-state index in [9.17, 15) is 0 Å². The van der Waals surface area contributed by atoms with Gasteiger partial charge in [0.05, 0.1) is 6.61 Å². The summed E-state index contributed by atoms with van der Waals surface area (Å²) in [6, 6.07) is 0. The van der Waals surface area contributed by atoms with Gasteiger partial charge in [0, 0.05) is 6.54 Å². The van der Waals surface area contributed by atoms with Gasteiger partial charge in [0.1, 0.15) is 12.0 Å². The Morgan fingerprint density at radius 2 is 2.24 bits per heavy atom. The highest BCUT2D eigenvalue weighted by Gasteiger charge is 2.45. The number of nitrogens with one attached hydrogen (secondary N) is 1. The molecule has 1 unspecified atom stereocenters. The summed E-state index contributed by atoms with van der Waals surface area (Å²) in [6.45, 7) is 7.90. The molecule has 1 aliphatic carbocycles. The summed E-state index contributed by atoms with van der Waals surface area (Å²) < 4.78 is 5.32. The van der Waals surface area contributed by atoms with Gasteiger partial charge in [0.15, 0.2) is 5.82 Å². The van der Waals surface area contributed by atoms with Crippen molar-refractivity contribution in [2.24, 2.45) is 11.3 Å². The molecule has 1 atom stereocenters. The fraction of sp³-hybridized carbons (Fsp3) is 0.667. The molecule has 0 aromatic carbocycles. The molecule has 0 aliphatic heterocycles. The highest BCUT2D eigenvalue weighted by Crippen LogP contribution is 2.51. The molecule has 1 saturated carbocycles. The second-order valence-corrected chi connectivity index (χ2v) is 5.14. The number of hydrogen-bond donors (Lipinski definition) is 2. The van der Waals surface area contributed by atoms with E-state index in [1.165, 1.54) is 12.7 Å². The lowest BCUT2D eigenvalue weighted by Crippen LogP contribution is -2.11. The molecule has 2 rings (SSSR count). The molecule has 3 N–H and O–H groups in total. The maximum absolute atomic E-state index is 5.93. The van der Waals surface area contributed by atoms with Crippen molar-refractivity contribution in [3.05, 3.63) is 6.33 Å². The van der Waals surface area contributed by atoms with E-state index in [-0.39, 0.29) is 0 Å². The number of nitrogens with zero attached hydrogens (tertiary/aromatic N) is 2. The first-order valence-corrected chi connectivity index (χ1v) is 6.01. The molecule has 5 heteroatoms. The van der Waals surface area contributed by atoms with Gasteiger partial charge in [-0.1, -0.05) is 13.8 Å². The lowest BCUT2D eigenvalue weighted by atomic mass is 10.1. The Kier molecular flexibility index (Phi) is 3.09. The van der Waals surface area contributed by atoms with Crippen molar-refractivity contribution < 1.29 is 4.74 Å². The topological polar surface area (TPSA) is 73.1 Å². The van der Waals surface area contributed by atoms with Crippen LogP contribution in [0, 0.1) is 11.3 Å². The molecular formula is C12H20N4O. The quantitative estimate of drug-likeness (QED) is 0.817. The molecule has 0 saturated heterocycles. The summed E-state index contributed by atoms with van der Waals surface area (Å²) in [5.74, 6) is 1.83. The van der Waals surface area contributed by atoms with Crippen LogP contribution in [0.4, 0.5) is 11.5 Å². The minimum absolute atomic E-state index is 0.456. The molecule has 0 radical (unpaired) electrons. The Morgan fingerprint density at radius 3 is 2.82 bits per heavy atom. The van der Waals surface area contributed by atoms with E-state index in [4.69, 9.17) is 10.5 Å². The van der Waals surface area contributed by atoms with Gasteiger partial charge in [-0.2, -0.15) is 4.98 Å². The Balaban J connectivity index is 1.98. The Bertz CT molecular complexity index is 405. The van der Waals surface area contributed by atoms with Crippen LogP contribution in [0.1, 0.15) is 27.2 Å². The van der Waals surface area contributed by atoms with Crippen LogP contribution in [0.5, 0.6) is 5.88 Å². The summed E-state index contributed by atoms with van der Waals surface area (Å²) in [7, 11) is 0. The maximum atomic E-state index is 5.93. The minimum Gasteiger partial charge on any atom is -0.476 e. The fourth-order valence-corrected chi connectivity index (χ4v) is 1.92. The van der Waals surface area contributed by atoms with E-state index >= 15 is 0 Å². The third-order valence-electron chi connectivity index (χ3n) is 3.36. The van der Waals surface area contributed by atoms with Crippen LogP contribution in [0.15, 0.2) is 6.33 Å². The van der Waals surface area contributed by atoms with E-state index in [0.717, 1.165) is 6.54 Å². The monoisotopic (exact) mass is 236 g/mol. The average Bonchev–Trinajstić information content (AvgIpc) is 2.88. The number of rotatable bonds is 5. The van der Waals surface area contributed by atoms with Crippen LogP contribution < -0.4 is 15.8 Å². The predicted octanol–water partition coefficient (Wildman–Crippen LogP) is 1.92. The number of ether oxygens (including phenoxy) is 1. The summed E-state index contributed by atoms with van der Waals surface area (Å²) in [6.07, 6.45) is 2.73. The maximum Gasteiger partial charge on any atom is 0.242 e. The highest BCUT2D eigenvalue weighted by molar-refractivity contribution is 5.66. The molecule has 17 heavy (non-hydrogen) atoms. The molecule has 0 spiro atoms. The van der Waals surface area contributed by atoms with Crippen molar-refractivity contribution in [2.75, 3.05) is 24.2 Å². The molecule has 94 valence electrons. The zero-order valence-electron chi connectivity index (χ0n) is 10.7. The van der Waals surface area contributed by atoms with Crippen molar-refractivity contribution in [1.82, 2.24) is 9.97 Å². The SMILES string of the molecule is CCOc1ncnc(NCC2CC2(C)C)c1N. The standard InChI is InChI=1S/C12H20N4O/c1-4-17-11-9(13)10(15-7-16-11)14-6-8-5-12(8,2)3/h7-8H,4-6,13H2,1-3H3,(H,14,15,16). The van der Waals surface area contributed by atoms with Crippen LogP contribution in [-0.4, -0.2) is 23.1 Å². The number of nitrogen functional groups attached to an aromatic ring is 1. The number of hydrogen-bond acceptors (Lipinski definition) is 5. The van der Waals surface area contributed by atoms with Gasteiger partial charge in [-0.15, -0.1) is 0 Å². The van der Waals surface area contributed by atoms with Crippen LogP contribution in [0.25, 0.3) is 0 Å². The zero-order chi connectivity index (χ0) is 12.5. The highest BCUT2D eigenvalue weighted by atomic mass is 16.5. The smallest absolute Gasteiger partial charge is 0.242 e. The summed E-state index contributed by atoms with van der Waals surface area (Å²) >= 11 is 0. The van der Waals surface area contributed by atoms with E-state index in [1.54, 1.807) is 0 Å². The molecule has 5 nitrogen and oxygen atoms in total. The van der Waals surface area contributed by atoms with Gasteiger partial charge in [-0.3, -0.25) is 0 Å². The lowest BCUT2D eigenvalue weighted by Gasteiger charge is -2.11. The van der Waals surface area contributed by atoms with E-state index < -0.39 is 0 Å². The first-order valence-electron chi connectivity index (χ1n) is 6.01. The Hall–Kier alpha value is -1.52. The molecule has 1 fully saturated rings. The molecular weight excluding hydrogens is 216 g/mol. The summed E-state index contributed by atoms with van der Waals surface area (Å²) in [5.41, 5.74) is 6.88. The molecule has 0 bridgehead atoms. The van der Waals surface area contributed by atoms with Crippen LogP contribution in [0.3, 0.4) is 0 Å². The summed E-state index contributed by atoms with van der Waals surface area (Å²) in [4.78, 5) is 8.14. The minimum atomic E-state index is 0.456. The number of anilines is 2. The lowest BCUT2D eigenvalue weighted by molar-refractivity contribution is 0.328. The third kappa shape index (κ3) is 2.60. The van der Waals surface area contributed by atoms with Gasteiger partial charge in [0.25, 0.3) is 0 Å². The second kappa shape index (κ2) is 4.39. The Labute approximate surface area is 102 Å². The first-order chi connectivity index (χ1) is 8.04. The number of nitrogens with two attached hydrogens (primary N) is 1. The molecule has 1 heterocycles. The van der Waals surface area contributed by atoms with Gasteiger partial charge in [-0.25, -0.2) is 4.98 Å². The molecule has 1 aliphatic rings. The van der Waals surface area contributed by atoms with Crippen molar-refractivity contribution in [2.45, 2.75) is 27.2 Å².